The molecule has 4 rings (SSSR count). The van der Waals surface area contributed by atoms with E-state index >= 15 is 0 Å². The first-order valence-corrected chi connectivity index (χ1v) is 8.50. The maximum Gasteiger partial charge on any atom is 0.256 e. The third-order valence-electron chi connectivity index (χ3n) is 4.71. The Labute approximate surface area is 158 Å². The molecule has 0 saturated carbocycles. The summed E-state index contributed by atoms with van der Waals surface area (Å²) in [5.41, 5.74) is 5.67. The lowest BCUT2D eigenvalue weighted by Crippen LogP contribution is -2.49. The van der Waals surface area contributed by atoms with E-state index in [2.05, 4.69) is 19.8 Å². The van der Waals surface area contributed by atoms with Crippen molar-refractivity contribution in [3.8, 4) is 5.75 Å². The average Bonchev–Trinajstić information content (AvgIpc) is 3.20. The lowest BCUT2D eigenvalue weighted by atomic mass is 10.1. The Morgan fingerprint density at radius 1 is 1.21 bits per heavy atom. The van der Waals surface area contributed by atoms with Gasteiger partial charge in [-0.2, -0.15) is 9.61 Å². The van der Waals surface area contributed by atoms with Gasteiger partial charge in [-0.05, 0) is 6.07 Å². The molecule has 0 unspecified atom stereocenters. The SMILES string of the molecule is COc1c(F)cc(C(=O)N2CCN(c3cncc4ncnn34)CC2)c(N)c1F. The zero-order chi connectivity index (χ0) is 19.8. The van der Waals surface area contributed by atoms with Crippen molar-refractivity contribution in [2.24, 2.45) is 0 Å². The van der Waals surface area contributed by atoms with Crippen molar-refractivity contribution in [3.05, 3.63) is 42.0 Å². The maximum atomic E-state index is 14.2. The number of amides is 1. The summed E-state index contributed by atoms with van der Waals surface area (Å²) in [6, 6.07) is 0.909. The summed E-state index contributed by atoms with van der Waals surface area (Å²) in [5, 5.41) is 4.17. The summed E-state index contributed by atoms with van der Waals surface area (Å²) >= 11 is 0. The van der Waals surface area contributed by atoms with Crippen LogP contribution in [0.3, 0.4) is 0 Å². The van der Waals surface area contributed by atoms with E-state index in [4.69, 9.17) is 5.73 Å². The molecule has 1 aliphatic heterocycles. The van der Waals surface area contributed by atoms with Crippen molar-refractivity contribution in [1.29, 1.82) is 0 Å². The molecule has 0 atom stereocenters. The molecule has 3 heterocycles. The Kier molecular flexibility index (Phi) is 4.41. The van der Waals surface area contributed by atoms with Gasteiger partial charge in [0.2, 0.25) is 0 Å². The fourth-order valence-electron chi connectivity index (χ4n) is 3.24. The van der Waals surface area contributed by atoms with E-state index in [0.717, 1.165) is 19.0 Å². The van der Waals surface area contributed by atoms with Gasteiger partial charge in [-0.1, -0.05) is 0 Å². The fraction of sp³-hybridized carbons (Fsp3) is 0.294. The van der Waals surface area contributed by atoms with Crippen LogP contribution < -0.4 is 15.4 Å². The second-order valence-electron chi connectivity index (χ2n) is 6.24. The topological polar surface area (TPSA) is 102 Å². The maximum absolute atomic E-state index is 14.2. The molecular formula is C17H17F2N7O2. The van der Waals surface area contributed by atoms with Gasteiger partial charge in [0.15, 0.2) is 28.8 Å². The smallest absolute Gasteiger partial charge is 0.256 e. The molecule has 28 heavy (non-hydrogen) atoms. The van der Waals surface area contributed by atoms with Crippen LogP contribution in [0.2, 0.25) is 0 Å². The van der Waals surface area contributed by atoms with Crippen LogP contribution in [0.5, 0.6) is 5.75 Å². The summed E-state index contributed by atoms with van der Waals surface area (Å²) in [6.07, 6.45) is 4.72. The third-order valence-corrected chi connectivity index (χ3v) is 4.71. The monoisotopic (exact) mass is 389 g/mol. The van der Waals surface area contributed by atoms with Crippen molar-refractivity contribution in [3.63, 3.8) is 0 Å². The molecule has 2 N–H and O–H groups in total. The molecule has 0 bridgehead atoms. The highest BCUT2D eigenvalue weighted by Gasteiger charge is 2.28. The number of fused-ring (bicyclic) bond motifs is 1. The molecule has 0 radical (unpaired) electrons. The van der Waals surface area contributed by atoms with Gasteiger partial charge < -0.3 is 20.3 Å². The molecule has 2 aromatic heterocycles. The highest BCUT2D eigenvalue weighted by molar-refractivity contribution is 5.99. The molecular weight excluding hydrogens is 372 g/mol. The molecule has 1 amide bonds. The number of methoxy groups -OCH3 is 1. The number of hydrogen-bond acceptors (Lipinski definition) is 7. The predicted molar refractivity (Wildman–Crippen MR) is 96.2 cm³/mol. The number of piperazine rings is 1. The van der Waals surface area contributed by atoms with Crippen molar-refractivity contribution >= 4 is 23.1 Å². The largest absolute Gasteiger partial charge is 0.491 e. The highest BCUT2D eigenvalue weighted by Crippen LogP contribution is 2.30. The third kappa shape index (κ3) is 2.84. The number of benzene rings is 1. The van der Waals surface area contributed by atoms with E-state index in [0.29, 0.717) is 31.8 Å². The molecule has 1 aliphatic rings. The number of nitrogens with two attached hydrogens (primary N) is 1. The second kappa shape index (κ2) is 6.91. The van der Waals surface area contributed by atoms with Crippen molar-refractivity contribution in [2.45, 2.75) is 0 Å². The van der Waals surface area contributed by atoms with Gasteiger partial charge in [0.1, 0.15) is 6.33 Å². The number of rotatable bonds is 3. The molecule has 1 aromatic carbocycles. The van der Waals surface area contributed by atoms with Gasteiger partial charge in [-0.3, -0.25) is 9.78 Å². The molecule has 146 valence electrons. The normalized spacial score (nSPS) is 14.5. The summed E-state index contributed by atoms with van der Waals surface area (Å²) in [5.74, 6) is -2.43. The van der Waals surface area contributed by atoms with Gasteiger partial charge >= 0.3 is 0 Å². The quantitative estimate of drug-likeness (QED) is 0.666. The van der Waals surface area contributed by atoms with Gasteiger partial charge in [0, 0.05) is 26.2 Å². The number of carbonyl (C=O) groups excluding carboxylic acids is 1. The number of ether oxygens (including phenoxy) is 1. The Morgan fingerprint density at radius 2 is 1.96 bits per heavy atom. The number of carbonyl (C=O) groups is 1. The van der Waals surface area contributed by atoms with Crippen LogP contribution in [-0.4, -0.2) is 63.7 Å². The summed E-state index contributed by atoms with van der Waals surface area (Å²) < 4.78 is 34.5. The first-order chi connectivity index (χ1) is 13.5. The van der Waals surface area contributed by atoms with E-state index in [-0.39, 0.29) is 5.56 Å². The number of hydrogen-bond donors (Lipinski definition) is 1. The molecule has 11 heteroatoms. The lowest BCUT2D eigenvalue weighted by Gasteiger charge is -2.35. The Morgan fingerprint density at radius 3 is 2.68 bits per heavy atom. The number of halogens is 2. The molecule has 3 aromatic rings. The Balaban J connectivity index is 1.53. The molecule has 0 aliphatic carbocycles. The van der Waals surface area contributed by atoms with E-state index in [1.54, 1.807) is 16.9 Å². The number of anilines is 2. The van der Waals surface area contributed by atoms with Crippen molar-refractivity contribution in [2.75, 3.05) is 43.9 Å². The first-order valence-electron chi connectivity index (χ1n) is 8.50. The molecule has 1 fully saturated rings. The second-order valence-corrected chi connectivity index (χ2v) is 6.24. The zero-order valence-corrected chi connectivity index (χ0v) is 15.0. The zero-order valence-electron chi connectivity index (χ0n) is 15.0. The van der Waals surface area contributed by atoms with E-state index < -0.39 is 29.0 Å². The van der Waals surface area contributed by atoms with Crippen LogP contribution in [0, 0.1) is 11.6 Å². The summed E-state index contributed by atoms with van der Waals surface area (Å²) in [7, 11) is 1.13. The van der Waals surface area contributed by atoms with Gasteiger partial charge in [0.05, 0.1) is 30.8 Å². The van der Waals surface area contributed by atoms with Gasteiger partial charge in [-0.25, -0.2) is 13.8 Å². The molecule has 1 saturated heterocycles. The van der Waals surface area contributed by atoms with Crippen molar-refractivity contribution < 1.29 is 18.3 Å². The van der Waals surface area contributed by atoms with E-state index in [1.807, 2.05) is 4.90 Å². The minimum absolute atomic E-state index is 0.218. The fourth-order valence-corrected chi connectivity index (χ4v) is 3.24. The number of nitrogen functional groups attached to an aromatic ring is 1. The molecule has 0 spiro atoms. The Bertz CT molecular complexity index is 1050. The summed E-state index contributed by atoms with van der Waals surface area (Å²) in [6.45, 7) is 1.68. The van der Waals surface area contributed by atoms with Crippen molar-refractivity contribution in [1.82, 2.24) is 24.5 Å². The standard InChI is InChI=1S/C17H17F2N7O2/c1-28-16-11(18)6-10(15(20)14(16)19)17(27)25-4-2-24(3-5-25)13-8-21-7-12-22-9-23-26(12)13/h6-9H,2-5,20H2,1H3. The number of nitrogens with zero attached hydrogens (tertiary/aromatic N) is 6. The highest BCUT2D eigenvalue weighted by atomic mass is 19.1. The van der Waals surface area contributed by atoms with Crippen LogP contribution in [0.15, 0.2) is 24.8 Å². The average molecular weight is 389 g/mol. The van der Waals surface area contributed by atoms with E-state index in [9.17, 15) is 13.6 Å². The molecule has 9 nitrogen and oxygen atoms in total. The minimum atomic E-state index is -1.08. The van der Waals surface area contributed by atoms with Gasteiger partial charge in [-0.15, -0.1) is 0 Å². The predicted octanol–water partition coefficient (Wildman–Crippen LogP) is 0.956. The lowest BCUT2D eigenvalue weighted by molar-refractivity contribution is 0.0746. The van der Waals surface area contributed by atoms with Crippen LogP contribution in [-0.2, 0) is 0 Å². The Hall–Kier alpha value is -3.50. The number of aromatic nitrogens is 4. The first kappa shape index (κ1) is 17.9. The van der Waals surface area contributed by atoms with Crippen LogP contribution in [0.25, 0.3) is 5.65 Å². The van der Waals surface area contributed by atoms with Gasteiger partial charge in [0.25, 0.3) is 5.91 Å². The van der Waals surface area contributed by atoms with E-state index in [1.165, 1.54) is 11.2 Å². The minimum Gasteiger partial charge on any atom is -0.491 e. The van der Waals surface area contributed by atoms with Crippen LogP contribution in [0.4, 0.5) is 20.3 Å². The van der Waals surface area contributed by atoms with Crippen LogP contribution in [0.1, 0.15) is 10.4 Å². The van der Waals surface area contributed by atoms with Crippen LogP contribution >= 0.6 is 0 Å². The summed E-state index contributed by atoms with van der Waals surface area (Å²) in [4.78, 5) is 24.5.